The van der Waals surface area contributed by atoms with E-state index >= 15 is 0 Å². The number of carboxylic acids is 1. The maximum atomic E-state index is 12.3. The molecule has 5 nitrogen and oxygen atoms in total. The summed E-state index contributed by atoms with van der Waals surface area (Å²) < 4.78 is 38.6. The smallest absolute Gasteiger partial charge is 0.403 e. The lowest BCUT2D eigenvalue weighted by molar-refractivity contribution is -0.192. The number of nitrogens with one attached hydrogen (secondary N) is 1. The fourth-order valence-corrected chi connectivity index (χ4v) is 1.52. The number of hydrogen-bond acceptors (Lipinski definition) is 3. The minimum atomic E-state index is -4.75. The molecule has 0 saturated carbocycles. The monoisotopic (exact) mass is 265 g/mol. The van der Waals surface area contributed by atoms with Crippen LogP contribution in [-0.2, 0) is 18.4 Å². The van der Waals surface area contributed by atoms with Crippen LogP contribution < -0.4 is 5.32 Å². The molecule has 0 fully saturated rings. The highest BCUT2D eigenvalue weighted by Gasteiger charge is 2.44. The van der Waals surface area contributed by atoms with E-state index in [1.807, 2.05) is 0 Å². The van der Waals surface area contributed by atoms with Crippen molar-refractivity contribution in [3.8, 4) is 0 Å². The van der Waals surface area contributed by atoms with Gasteiger partial charge in [0.25, 0.3) is 0 Å². The molecule has 18 heavy (non-hydrogen) atoms. The minimum Gasteiger partial charge on any atom is -0.481 e. The summed E-state index contributed by atoms with van der Waals surface area (Å²) in [4.78, 5) is 10.5. The number of aromatic nitrogens is 2. The molecule has 0 aliphatic heterocycles. The summed E-state index contributed by atoms with van der Waals surface area (Å²) in [6.45, 7) is 1.22. The summed E-state index contributed by atoms with van der Waals surface area (Å²) in [6.07, 6.45) is -3.07. The number of hydrogen-bond donors (Lipinski definition) is 2. The van der Waals surface area contributed by atoms with Gasteiger partial charge in [-0.2, -0.15) is 18.3 Å². The van der Waals surface area contributed by atoms with E-state index in [0.717, 1.165) is 5.56 Å². The SMILES string of the molecule is Cc1nn(C)cc1CNCC(C(=O)O)C(F)(F)F. The maximum Gasteiger partial charge on any atom is 0.403 e. The molecule has 0 saturated heterocycles. The molecule has 1 atom stereocenters. The molecule has 2 N–H and O–H groups in total. The van der Waals surface area contributed by atoms with Crippen molar-refractivity contribution in [1.82, 2.24) is 15.1 Å². The Morgan fingerprint density at radius 1 is 1.61 bits per heavy atom. The van der Waals surface area contributed by atoms with Crippen LogP contribution in [0.4, 0.5) is 13.2 Å². The van der Waals surface area contributed by atoms with Crippen molar-refractivity contribution in [1.29, 1.82) is 0 Å². The van der Waals surface area contributed by atoms with Gasteiger partial charge in [0.05, 0.1) is 5.69 Å². The number of alkyl halides is 3. The van der Waals surface area contributed by atoms with Gasteiger partial charge in [-0.3, -0.25) is 9.48 Å². The van der Waals surface area contributed by atoms with Crippen LogP contribution in [0.3, 0.4) is 0 Å². The number of halogens is 3. The summed E-state index contributed by atoms with van der Waals surface area (Å²) >= 11 is 0. The zero-order valence-electron chi connectivity index (χ0n) is 9.95. The van der Waals surface area contributed by atoms with E-state index in [2.05, 4.69) is 10.4 Å². The maximum absolute atomic E-state index is 12.3. The first kappa shape index (κ1) is 14.5. The molecule has 1 rings (SSSR count). The quantitative estimate of drug-likeness (QED) is 0.836. The average molecular weight is 265 g/mol. The largest absolute Gasteiger partial charge is 0.481 e. The Balaban J connectivity index is 2.55. The van der Waals surface area contributed by atoms with Crippen LogP contribution in [0.15, 0.2) is 6.20 Å². The summed E-state index contributed by atoms with van der Waals surface area (Å²) in [5, 5.41) is 15.0. The van der Waals surface area contributed by atoms with Crippen LogP contribution in [0.25, 0.3) is 0 Å². The van der Waals surface area contributed by atoms with Crippen LogP contribution in [0.1, 0.15) is 11.3 Å². The molecule has 0 aliphatic rings. The van der Waals surface area contributed by atoms with Gasteiger partial charge in [-0.15, -0.1) is 0 Å². The summed E-state index contributed by atoms with van der Waals surface area (Å²) in [7, 11) is 1.70. The number of carbonyl (C=O) groups is 1. The molecule has 8 heteroatoms. The predicted molar refractivity (Wildman–Crippen MR) is 56.8 cm³/mol. The zero-order valence-corrected chi connectivity index (χ0v) is 9.95. The Morgan fingerprint density at radius 2 is 2.22 bits per heavy atom. The molecule has 1 heterocycles. The van der Waals surface area contributed by atoms with Gasteiger partial charge in [-0.05, 0) is 6.92 Å². The Kier molecular flexibility index (Phi) is 4.33. The van der Waals surface area contributed by atoms with Crippen LogP contribution >= 0.6 is 0 Å². The standard InChI is InChI=1S/C10H14F3N3O2/c1-6-7(5-16(2)15-6)3-14-4-8(9(17)18)10(11,12)13/h5,8,14H,3-4H2,1-2H3,(H,17,18). The molecular weight excluding hydrogens is 251 g/mol. The fraction of sp³-hybridized carbons (Fsp3) is 0.600. The summed E-state index contributed by atoms with van der Waals surface area (Å²) in [5.74, 6) is -4.27. The van der Waals surface area contributed by atoms with E-state index in [9.17, 15) is 18.0 Å². The van der Waals surface area contributed by atoms with Crippen LogP contribution in [-0.4, -0.2) is 33.6 Å². The fourth-order valence-electron chi connectivity index (χ4n) is 1.52. The van der Waals surface area contributed by atoms with Gasteiger partial charge in [0, 0.05) is 31.9 Å². The highest BCUT2D eigenvalue weighted by Crippen LogP contribution is 2.25. The van der Waals surface area contributed by atoms with Gasteiger partial charge in [0.2, 0.25) is 0 Å². The van der Waals surface area contributed by atoms with E-state index in [1.54, 1.807) is 24.9 Å². The average Bonchev–Trinajstić information content (AvgIpc) is 2.49. The molecule has 1 unspecified atom stereocenters. The molecule has 0 bridgehead atoms. The first-order valence-corrected chi connectivity index (χ1v) is 5.21. The van der Waals surface area contributed by atoms with Gasteiger partial charge in [0.1, 0.15) is 0 Å². The van der Waals surface area contributed by atoms with Crippen LogP contribution in [0.2, 0.25) is 0 Å². The Labute approximate surface area is 102 Å². The lowest BCUT2D eigenvalue weighted by atomic mass is 10.1. The van der Waals surface area contributed by atoms with Gasteiger partial charge < -0.3 is 10.4 Å². The number of nitrogens with zero attached hydrogens (tertiary/aromatic N) is 2. The normalized spacial score (nSPS) is 13.6. The van der Waals surface area contributed by atoms with E-state index in [4.69, 9.17) is 5.11 Å². The van der Waals surface area contributed by atoms with Crippen molar-refractivity contribution < 1.29 is 23.1 Å². The second-order valence-corrected chi connectivity index (χ2v) is 3.98. The van der Waals surface area contributed by atoms with Crippen molar-refractivity contribution in [3.63, 3.8) is 0 Å². The van der Waals surface area contributed by atoms with Gasteiger partial charge >= 0.3 is 12.1 Å². The van der Waals surface area contributed by atoms with Crippen molar-refractivity contribution in [3.05, 3.63) is 17.5 Å². The molecule has 1 aromatic heterocycles. The Morgan fingerprint density at radius 3 is 2.61 bits per heavy atom. The Hall–Kier alpha value is -1.57. The molecule has 0 aromatic carbocycles. The number of carboxylic acid groups (broad SMARTS) is 1. The van der Waals surface area contributed by atoms with Crippen LogP contribution in [0, 0.1) is 12.8 Å². The summed E-state index contributed by atoms with van der Waals surface area (Å²) in [6, 6.07) is 0. The molecule has 1 aromatic rings. The molecule has 0 spiro atoms. The molecule has 102 valence electrons. The molecular formula is C10H14F3N3O2. The highest BCUT2D eigenvalue weighted by molar-refractivity contribution is 5.71. The topological polar surface area (TPSA) is 67.2 Å². The highest BCUT2D eigenvalue weighted by atomic mass is 19.4. The van der Waals surface area contributed by atoms with Crippen molar-refractivity contribution >= 4 is 5.97 Å². The lowest BCUT2D eigenvalue weighted by Gasteiger charge is -2.16. The first-order chi connectivity index (χ1) is 8.21. The number of aryl methyl sites for hydroxylation is 2. The molecule has 0 radical (unpaired) electrons. The van der Waals surface area contributed by atoms with E-state index < -0.39 is 24.6 Å². The van der Waals surface area contributed by atoms with Crippen molar-refractivity contribution in [2.75, 3.05) is 6.54 Å². The molecule has 0 amide bonds. The van der Waals surface area contributed by atoms with E-state index in [1.165, 1.54) is 0 Å². The minimum absolute atomic E-state index is 0.152. The Bertz CT molecular complexity index is 428. The lowest BCUT2D eigenvalue weighted by Crippen LogP contribution is -2.38. The van der Waals surface area contributed by atoms with Crippen molar-refractivity contribution in [2.45, 2.75) is 19.6 Å². The van der Waals surface area contributed by atoms with Crippen LogP contribution in [0.5, 0.6) is 0 Å². The molecule has 0 aliphatic carbocycles. The second kappa shape index (κ2) is 5.38. The zero-order chi connectivity index (χ0) is 13.9. The third kappa shape index (κ3) is 3.73. The van der Waals surface area contributed by atoms with Gasteiger partial charge in [-0.25, -0.2) is 0 Å². The summed E-state index contributed by atoms with van der Waals surface area (Å²) in [5.41, 5.74) is 1.44. The number of aliphatic carboxylic acids is 1. The third-order valence-electron chi connectivity index (χ3n) is 2.47. The number of rotatable bonds is 5. The first-order valence-electron chi connectivity index (χ1n) is 5.21. The van der Waals surface area contributed by atoms with Crippen molar-refractivity contribution in [2.24, 2.45) is 13.0 Å². The van der Waals surface area contributed by atoms with E-state index in [-0.39, 0.29) is 6.54 Å². The predicted octanol–water partition coefficient (Wildman–Crippen LogP) is 1.08. The van der Waals surface area contributed by atoms with Gasteiger partial charge in [-0.1, -0.05) is 0 Å². The van der Waals surface area contributed by atoms with Gasteiger partial charge in [0.15, 0.2) is 5.92 Å². The van der Waals surface area contributed by atoms with E-state index in [0.29, 0.717) is 5.69 Å². The second-order valence-electron chi connectivity index (χ2n) is 3.98. The third-order valence-corrected chi connectivity index (χ3v) is 2.47.